The Kier molecular flexibility index (Phi) is 4.41. The molecule has 0 spiro atoms. The van der Waals surface area contributed by atoms with Crippen molar-refractivity contribution in [3.8, 4) is 0 Å². The van der Waals surface area contributed by atoms with Gasteiger partial charge in [0, 0.05) is 7.05 Å². The average Bonchev–Trinajstić information content (AvgIpc) is 3.02. The molecule has 0 aliphatic carbocycles. The third-order valence-corrected chi connectivity index (χ3v) is 4.84. The third-order valence-electron chi connectivity index (χ3n) is 4.55. The fourth-order valence-electron chi connectivity index (χ4n) is 3.16. The highest BCUT2D eigenvalue weighted by Crippen LogP contribution is 2.18. The van der Waals surface area contributed by atoms with Crippen LogP contribution in [-0.2, 0) is 20.1 Å². The summed E-state index contributed by atoms with van der Waals surface area (Å²) in [5.74, 6) is 0. The van der Waals surface area contributed by atoms with Crippen molar-refractivity contribution in [2.24, 2.45) is 7.05 Å². The lowest BCUT2D eigenvalue weighted by Crippen LogP contribution is -2.40. The van der Waals surface area contributed by atoms with Crippen LogP contribution < -0.4 is 11.2 Å². The van der Waals surface area contributed by atoms with Gasteiger partial charge in [0.1, 0.15) is 0 Å². The molecule has 0 radical (unpaired) electrons. The standard InChI is InChI=1S/C20H17ClN4O2/c1-23-17-16(24(19(21)22-17)12-14-8-4-2-5-9-14)18(26)25(20(23)27)13-15-10-6-3-7-11-15/h2-11H,12-13H2,1H3. The van der Waals surface area contributed by atoms with Crippen LogP contribution in [0.5, 0.6) is 0 Å². The number of imidazole rings is 1. The molecule has 0 N–H and O–H groups in total. The summed E-state index contributed by atoms with van der Waals surface area (Å²) in [5, 5.41) is 0.179. The summed E-state index contributed by atoms with van der Waals surface area (Å²) in [6.45, 7) is 0.589. The largest absolute Gasteiger partial charge is 0.332 e. The Morgan fingerprint density at radius 1 is 0.852 bits per heavy atom. The maximum Gasteiger partial charge on any atom is 0.332 e. The molecule has 136 valence electrons. The van der Waals surface area contributed by atoms with Crippen LogP contribution >= 0.6 is 11.6 Å². The molecule has 2 aromatic carbocycles. The van der Waals surface area contributed by atoms with Crippen molar-refractivity contribution in [2.45, 2.75) is 13.1 Å². The fourth-order valence-corrected chi connectivity index (χ4v) is 3.39. The Morgan fingerprint density at radius 3 is 1.93 bits per heavy atom. The van der Waals surface area contributed by atoms with E-state index in [4.69, 9.17) is 11.6 Å². The summed E-state index contributed by atoms with van der Waals surface area (Å²) in [7, 11) is 1.60. The van der Waals surface area contributed by atoms with Crippen LogP contribution in [0.15, 0.2) is 70.3 Å². The predicted octanol–water partition coefficient (Wildman–Crippen LogP) is 2.65. The van der Waals surface area contributed by atoms with Gasteiger partial charge in [0.15, 0.2) is 11.2 Å². The van der Waals surface area contributed by atoms with Gasteiger partial charge in [-0.05, 0) is 22.7 Å². The van der Waals surface area contributed by atoms with Crippen molar-refractivity contribution in [1.29, 1.82) is 0 Å². The van der Waals surface area contributed by atoms with E-state index in [1.807, 2.05) is 60.7 Å². The van der Waals surface area contributed by atoms with E-state index in [9.17, 15) is 9.59 Å². The minimum Gasteiger partial charge on any atom is -0.304 e. The van der Waals surface area contributed by atoms with E-state index < -0.39 is 11.2 Å². The van der Waals surface area contributed by atoms with Crippen molar-refractivity contribution < 1.29 is 0 Å². The van der Waals surface area contributed by atoms with Crippen LogP contribution in [0.1, 0.15) is 11.1 Å². The number of nitrogens with zero attached hydrogens (tertiary/aromatic N) is 4. The van der Waals surface area contributed by atoms with Gasteiger partial charge in [-0.15, -0.1) is 0 Å². The molecule has 0 saturated carbocycles. The Bertz CT molecular complexity index is 1220. The van der Waals surface area contributed by atoms with Crippen LogP contribution in [0.2, 0.25) is 5.28 Å². The monoisotopic (exact) mass is 380 g/mol. The van der Waals surface area contributed by atoms with Gasteiger partial charge in [0.05, 0.1) is 13.1 Å². The maximum atomic E-state index is 13.2. The van der Waals surface area contributed by atoms with E-state index in [1.54, 1.807) is 11.6 Å². The zero-order valence-corrected chi connectivity index (χ0v) is 15.4. The van der Waals surface area contributed by atoms with Crippen molar-refractivity contribution in [3.63, 3.8) is 0 Å². The van der Waals surface area contributed by atoms with E-state index in [0.717, 1.165) is 11.1 Å². The molecule has 0 saturated heterocycles. The van der Waals surface area contributed by atoms with Crippen molar-refractivity contribution in [1.82, 2.24) is 18.7 Å². The summed E-state index contributed by atoms with van der Waals surface area (Å²) in [5.41, 5.74) is 1.65. The van der Waals surface area contributed by atoms with E-state index in [1.165, 1.54) is 9.13 Å². The van der Waals surface area contributed by atoms with Crippen LogP contribution in [-0.4, -0.2) is 18.7 Å². The first-order valence-electron chi connectivity index (χ1n) is 8.49. The number of aromatic nitrogens is 4. The lowest BCUT2D eigenvalue weighted by molar-refractivity contribution is 0.653. The first-order valence-corrected chi connectivity index (χ1v) is 8.87. The molecule has 6 nitrogen and oxygen atoms in total. The van der Waals surface area contributed by atoms with E-state index in [2.05, 4.69) is 4.98 Å². The summed E-state index contributed by atoms with van der Waals surface area (Å²) in [6.07, 6.45) is 0. The molecule has 27 heavy (non-hydrogen) atoms. The van der Waals surface area contributed by atoms with Gasteiger partial charge in [0.25, 0.3) is 5.56 Å². The molecule has 4 aromatic rings. The normalized spacial score (nSPS) is 11.2. The van der Waals surface area contributed by atoms with Crippen molar-refractivity contribution in [2.75, 3.05) is 0 Å². The molecule has 0 aliphatic rings. The molecule has 0 aliphatic heterocycles. The molecular weight excluding hydrogens is 364 g/mol. The third kappa shape index (κ3) is 3.08. The van der Waals surface area contributed by atoms with Gasteiger partial charge in [0.2, 0.25) is 5.28 Å². The Morgan fingerprint density at radius 2 is 1.37 bits per heavy atom. The van der Waals surface area contributed by atoms with Crippen molar-refractivity contribution >= 4 is 22.8 Å². The molecule has 0 bridgehead atoms. The first kappa shape index (κ1) is 17.3. The molecule has 0 atom stereocenters. The highest BCUT2D eigenvalue weighted by Gasteiger charge is 2.19. The van der Waals surface area contributed by atoms with Gasteiger partial charge in [-0.2, -0.15) is 4.98 Å². The second kappa shape index (κ2) is 6.89. The smallest absolute Gasteiger partial charge is 0.304 e. The van der Waals surface area contributed by atoms with Crippen LogP contribution in [0.25, 0.3) is 11.2 Å². The predicted molar refractivity (Wildman–Crippen MR) is 105 cm³/mol. The number of fused-ring (bicyclic) bond motifs is 1. The zero-order valence-electron chi connectivity index (χ0n) is 14.7. The van der Waals surface area contributed by atoms with Gasteiger partial charge in [-0.25, -0.2) is 4.79 Å². The average molecular weight is 381 g/mol. The second-order valence-corrected chi connectivity index (χ2v) is 6.68. The second-order valence-electron chi connectivity index (χ2n) is 6.34. The number of hydrogen-bond donors (Lipinski definition) is 0. The molecule has 0 unspecified atom stereocenters. The fraction of sp³-hybridized carbons (Fsp3) is 0.150. The number of benzene rings is 2. The number of rotatable bonds is 4. The highest BCUT2D eigenvalue weighted by atomic mass is 35.5. The lowest BCUT2D eigenvalue weighted by Gasteiger charge is -2.10. The summed E-state index contributed by atoms with van der Waals surface area (Å²) >= 11 is 6.31. The molecule has 0 fully saturated rings. The van der Waals surface area contributed by atoms with Crippen molar-refractivity contribution in [3.05, 3.63) is 97.9 Å². The van der Waals surface area contributed by atoms with Gasteiger partial charge >= 0.3 is 5.69 Å². The summed E-state index contributed by atoms with van der Waals surface area (Å²) in [4.78, 5) is 30.1. The molecular formula is C20H17ClN4O2. The lowest BCUT2D eigenvalue weighted by atomic mass is 10.2. The maximum absolute atomic E-state index is 13.2. The highest BCUT2D eigenvalue weighted by molar-refractivity contribution is 6.29. The zero-order chi connectivity index (χ0) is 19.0. The van der Waals surface area contributed by atoms with E-state index in [0.29, 0.717) is 12.1 Å². The van der Waals surface area contributed by atoms with Crippen LogP contribution in [0.4, 0.5) is 0 Å². The first-order chi connectivity index (χ1) is 13.1. The minimum atomic E-state index is -0.419. The molecule has 2 heterocycles. The summed E-state index contributed by atoms with van der Waals surface area (Å²) in [6, 6.07) is 19.1. The van der Waals surface area contributed by atoms with Crippen LogP contribution in [0.3, 0.4) is 0 Å². The van der Waals surface area contributed by atoms with Gasteiger partial charge in [-0.1, -0.05) is 60.7 Å². The van der Waals surface area contributed by atoms with Gasteiger partial charge < -0.3 is 4.57 Å². The number of hydrogen-bond acceptors (Lipinski definition) is 3. The van der Waals surface area contributed by atoms with Gasteiger partial charge in [-0.3, -0.25) is 13.9 Å². The molecule has 2 aromatic heterocycles. The Hall–Kier alpha value is -3.12. The minimum absolute atomic E-state index is 0.179. The molecule has 4 rings (SSSR count). The topological polar surface area (TPSA) is 61.8 Å². The quantitative estimate of drug-likeness (QED) is 0.511. The molecule has 7 heteroatoms. The SMILES string of the molecule is Cn1c(=O)n(Cc2ccccc2)c(=O)c2c1nc(Cl)n2Cc1ccccc1. The summed E-state index contributed by atoms with van der Waals surface area (Å²) < 4.78 is 4.24. The Balaban J connectivity index is 1.92. The number of aryl methyl sites for hydroxylation is 1. The van der Waals surface area contributed by atoms with E-state index >= 15 is 0 Å². The molecule has 0 amide bonds. The van der Waals surface area contributed by atoms with Crippen LogP contribution in [0, 0.1) is 0 Å². The van der Waals surface area contributed by atoms with E-state index in [-0.39, 0.29) is 17.5 Å². The number of halogens is 1. The Labute approximate surface area is 159 Å².